The van der Waals surface area contributed by atoms with E-state index in [1.165, 1.54) is 13.0 Å². The number of amides is 2. The van der Waals surface area contributed by atoms with Crippen LogP contribution in [0, 0.1) is 5.82 Å². The zero-order chi connectivity index (χ0) is 15.8. The molecule has 0 aliphatic rings. The maximum Gasteiger partial charge on any atom is 0.234 e. The smallest absolute Gasteiger partial charge is 0.234 e. The van der Waals surface area contributed by atoms with Gasteiger partial charge in [0.15, 0.2) is 0 Å². The van der Waals surface area contributed by atoms with E-state index in [9.17, 15) is 14.0 Å². The molecule has 0 aliphatic heterocycles. The monoisotopic (exact) mass is 359 g/mol. The molecule has 0 saturated carbocycles. The van der Waals surface area contributed by atoms with Crippen molar-refractivity contribution in [2.75, 3.05) is 26.7 Å². The highest BCUT2D eigenvalue weighted by Crippen LogP contribution is 2.16. The van der Waals surface area contributed by atoms with Gasteiger partial charge >= 0.3 is 0 Å². The zero-order valence-electron chi connectivity index (χ0n) is 12.1. The van der Waals surface area contributed by atoms with Crippen LogP contribution < -0.4 is 10.6 Å². The van der Waals surface area contributed by atoms with E-state index >= 15 is 0 Å². The molecule has 0 unspecified atom stereocenters. The van der Waals surface area contributed by atoms with Crippen LogP contribution in [0.2, 0.25) is 0 Å². The number of halogens is 2. The summed E-state index contributed by atoms with van der Waals surface area (Å²) in [5.41, 5.74) is 0.526. The number of hydrogen-bond acceptors (Lipinski definition) is 3. The van der Waals surface area contributed by atoms with Crippen molar-refractivity contribution >= 4 is 27.7 Å². The topological polar surface area (TPSA) is 61.4 Å². The van der Waals surface area contributed by atoms with Gasteiger partial charge in [0.05, 0.1) is 6.54 Å². The third-order valence-corrected chi connectivity index (χ3v) is 3.18. The van der Waals surface area contributed by atoms with Crippen molar-refractivity contribution < 1.29 is 14.0 Å². The Kier molecular flexibility index (Phi) is 7.31. The highest BCUT2D eigenvalue weighted by molar-refractivity contribution is 9.10. The summed E-state index contributed by atoms with van der Waals surface area (Å²) in [5, 5.41) is 5.27. The van der Waals surface area contributed by atoms with Gasteiger partial charge < -0.3 is 10.6 Å². The Balaban J connectivity index is 2.35. The van der Waals surface area contributed by atoms with E-state index in [1.54, 1.807) is 24.1 Å². The van der Waals surface area contributed by atoms with Gasteiger partial charge in [-0.25, -0.2) is 4.39 Å². The van der Waals surface area contributed by atoms with E-state index in [4.69, 9.17) is 0 Å². The molecule has 0 heterocycles. The molecule has 7 heteroatoms. The van der Waals surface area contributed by atoms with Gasteiger partial charge in [-0.2, -0.15) is 0 Å². The van der Waals surface area contributed by atoms with Crippen LogP contribution in [0.1, 0.15) is 12.5 Å². The van der Waals surface area contributed by atoms with E-state index in [0.29, 0.717) is 25.2 Å². The first-order valence-electron chi connectivity index (χ1n) is 6.52. The second-order valence-electron chi connectivity index (χ2n) is 4.74. The number of benzene rings is 1. The van der Waals surface area contributed by atoms with E-state index in [2.05, 4.69) is 26.6 Å². The Bertz CT molecular complexity index is 511. The quantitative estimate of drug-likeness (QED) is 0.720. The Labute approximate surface area is 132 Å². The van der Waals surface area contributed by atoms with Gasteiger partial charge in [-0.1, -0.05) is 15.9 Å². The first-order chi connectivity index (χ1) is 9.88. The van der Waals surface area contributed by atoms with Gasteiger partial charge in [-0.05, 0) is 25.2 Å². The molecule has 0 bridgehead atoms. The lowest BCUT2D eigenvalue weighted by Crippen LogP contribution is -2.39. The van der Waals surface area contributed by atoms with E-state index in [-0.39, 0.29) is 24.2 Å². The predicted molar refractivity (Wildman–Crippen MR) is 82.1 cm³/mol. The van der Waals surface area contributed by atoms with Crippen molar-refractivity contribution in [3.63, 3.8) is 0 Å². The van der Waals surface area contributed by atoms with Crippen molar-refractivity contribution in [3.8, 4) is 0 Å². The fourth-order valence-corrected chi connectivity index (χ4v) is 2.16. The fourth-order valence-electron chi connectivity index (χ4n) is 1.75. The SMILES string of the molecule is CC(=O)NCCNC(=O)CN(C)Cc1cc(Br)ccc1F. The summed E-state index contributed by atoms with van der Waals surface area (Å²) < 4.78 is 14.4. The molecule has 0 aliphatic carbocycles. The summed E-state index contributed by atoms with van der Waals surface area (Å²) in [7, 11) is 1.74. The molecule has 0 radical (unpaired) electrons. The third kappa shape index (κ3) is 7.19. The number of hydrogen-bond donors (Lipinski definition) is 2. The Hall–Kier alpha value is -1.47. The first kappa shape index (κ1) is 17.6. The largest absolute Gasteiger partial charge is 0.355 e. The Morgan fingerprint density at radius 1 is 1.29 bits per heavy atom. The minimum absolute atomic E-state index is 0.133. The summed E-state index contributed by atoms with van der Waals surface area (Å²) in [4.78, 5) is 24.0. The lowest BCUT2D eigenvalue weighted by atomic mass is 10.2. The van der Waals surface area contributed by atoms with Gasteiger partial charge in [0, 0.05) is 36.6 Å². The maximum atomic E-state index is 13.6. The molecular weight excluding hydrogens is 341 g/mol. The summed E-state index contributed by atoms with van der Waals surface area (Å²) in [5.74, 6) is -0.596. The molecule has 0 aromatic heterocycles. The lowest BCUT2D eigenvalue weighted by Gasteiger charge is -2.17. The number of rotatable bonds is 7. The minimum atomic E-state index is -0.295. The highest BCUT2D eigenvalue weighted by atomic mass is 79.9. The molecule has 2 N–H and O–H groups in total. The molecule has 1 aromatic carbocycles. The molecule has 21 heavy (non-hydrogen) atoms. The molecular formula is C14H19BrFN3O2. The number of carbonyl (C=O) groups is 2. The van der Waals surface area contributed by atoms with Gasteiger partial charge in [-0.15, -0.1) is 0 Å². The van der Waals surface area contributed by atoms with E-state index in [1.807, 2.05) is 0 Å². The number of nitrogens with one attached hydrogen (secondary N) is 2. The molecule has 2 amide bonds. The normalized spacial score (nSPS) is 10.5. The lowest BCUT2D eigenvalue weighted by molar-refractivity contribution is -0.122. The van der Waals surface area contributed by atoms with Crippen LogP contribution in [0.25, 0.3) is 0 Å². The van der Waals surface area contributed by atoms with Crippen LogP contribution in [0.5, 0.6) is 0 Å². The molecule has 1 aromatic rings. The zero-order valence-corrected chi connectivity index (χ0v) is 13.7. The molecule has 116 valence electrons. The molecule has 0 saturated heterocycles. The van der Waals surface area contributed by atoms with Crippen LogP contribution in [0.4, 0.5) is 4.39 Å². The van der Waals surface area contributed by atoms with Crippen LogP contribution in [0.3, 0.4) is 0 Å². The second-order valence-corrected chi connectivity index (χ2v) is 5.66. The van der Waals surface area contributed by atoms with E-state index in [0.717, 1.165) is 4.47 Å². The minimum Gasteiger partial charge on any atom is -0.355 e. The van der Waals surface area contributed by atoms with Crippen LogP contribution in [-0.4, -0.2) is 43.4 Å². The summed E-state index contributed by atoms with van der Waals surface area (Å²) in [6.07, 6.45) is 0. The second kappa shape index (κ2) is 8.74. The average Bonchev–Trinajstić information content (AvgIpc) is 2.38. The van der Waals surface area contributed by atoms with Gasteiger partial charge in [0.25, 0.3) is 0 Å². The summed E-state index contributed by atoms with van der Waals surface area (Å²) >= 11 is 3.29. The van der Waals surface area contributed by atoms with E-state index < -0.39 is 0 Å². The molecule has 0 spiro atoms. The number of likely N-dealkylation sites (N-methyl/N-ethyl adjacent to an activating group) is 1. The standard InChI is InChI=1S/C14H19BrFN3O2/c1-10(20)17-5-6-18-14(21)9-19(2)8-11-7-12(15)3-4-13(11)16/h3-4,7H,5-6,8-9H2,1-2H3,(H,17,20)(H,18,21). The summed E-state index contributed by atoms with van der Waals surface area (Å²) in [6.45, 7) is 2.68. The van der Waals surface area contributed by atoms with Crippen molar-refractivity contribution in [3.05, 3.63) is 34.1 Å². The van der Waals surface area contributed by atoms with Gasteiger partial charge in [0.2, 0.25) is 11.8 Å². The van der Waals surface area contributed by atoms with Crippen LogP contribution in [0.15, 0.2) is 22.7 Å². The third-order valence-electron chi connectivity index (χ3n) is 2.68. The average molecular weight is 360 g/mol. The Morgan fingerprint density at radius 3 is 2.62 bits per heavy atom. The van der Waals surface area contributed by atoms with Crippen LogP contribution >= 0.6 is 15.9 Å². The van der Waals surface area contributed by atoms with Crippen molar-refractivity contribution in [2.24, 2.45) is 0 Å². The maximum absolute atomic E-state index is 13.6. The number of nitrogens with zero attached hydrogens (tertiary/aromatic N) is 1. The Morgan fingerprint density at radius 2 is 1.95 bits per heavy atom. The van der Waals surface area contributed by atoms with Gasteiger partial charge in [0.1, 0.15) is 5.82 Å². The van der Waals surface area contributed by atoms with Crippen molar-refractivity contribution in [1.29, 1.82) is 0 Å². The fraction of sp³-hybridized carbons (Fsp3) is 0.429. The number of carbonyl (C=O) groups excluding carboxylic acids is 2. The van der Waals surface area contributed by atoms with Crippen molar-refractivity contribution in [2.45, 2.75) is 13.5 Å². The molecule has 1 rings (SSSR count). The van der Waals surface area contributed by atoms with Crippen molar-refractivity contribution in [1.82, 2.24) is 15.5 Å². The molecule has 0 atom stereocenters. The first-order valence-corrected chi connectivity index (χ1v) is 7.31. The van der Waals surface area contributed by atoms with Crippen LogP contribution in [-0.2, 0) is 16.1 Å². The molecule has 0 fully saturated rings. The van der Waals surface area contributed by atoms with Gasteiger partial charge in [-0.3, -0.25) is 14.5 Å². The summed E-state index contributed by atoms with van der Waals surface area (Å²) in [6, 6.07) is 4.72. The highest BCUT2D eigenvalue weighted by Gasteiger charge is 2.10. The predicted octanol–water partition coefficient (Wildman–Crippen LogP) is 1.27. The molecule has 5 nitrogen and oxygen atoms in total.